The van der Waals surface area contributed by atoms with Crippen LogP contribution in [0.1, 0.15) is 17.5 Å². The summed E-state index contributed by atoms with van der Waals surface area (Å²) in [4.78, 5) is 0. The maximum atomic E-state index is 4.75. The molecule has 0 nitrogen and oxygen atoms in total. The maximum Gasteiger partial charge on any atom is -0.00385 e. The summed E-state index contributed by atoms with van der Waals surface area (Å²) in [6.07, 6.45) is 9.49. The van der Waals surface area contributed by atoms with Gasteiger partial charge in [0.15, 0.2) is 0 Å². The molecule has 0 atom stereocenters. The highest BCUT2D eigenvalue weighted by Gasteiger charge is 2.19. The third-order valence-electron chi connectivity index (χ3n) is 12.1. The Labute approximate surface area is 371 Å². The van der Waals surface area contributed by atoms with E-state index in [0.717, 1.165) is 28.7 Å². The van der Waals surface area contributed by atoms with E-state index in [1.807, 2.05) is 0 Å². The minimum Gasteiger partial charge on any atom is -0.0911 e. The van der Waals surface area contributed by atoms with Gasteiger partial charge in [0, 0.05) is 0 Å². The van der Waals surface area contributed by atoms with Crippen molar-refractivity contribution in [2.24, 2.45) is 0 Å². The molecule has 9 aromatic rings. The highest BCUT2D eigenvalue weighted by molar-refractivity contribution is 5.98. The molecule has 0 fully saturated rings. The number of benzene rings is 9. The molecule has 1 aliphatic carbocycles. The Kier molecular flexibility index (Phi) is 11.1. The Morgan fingerprint density at radius 2 is 0.730 bits per heavy atom. The number of allylic oxidation sites excluding steroid dienone is 5. The lowest BCUT2D eigenvalue weighted by molar-refractivity contribution is 1.32. The van der Waals surface area contributed by atoms with Gasteiger partial charge >= 0.3 is 0 Å². The van der Waals surface area contributed by atoms with Gasteiger partial charge in [-0.25, -0.2) is 0 Å². The summed E-state index contributed by atoms with van der Waals surface area (Å²) in [7, 11) is 0. The van der Waals surface area contributed by atoms with Crippen molar-refractivity contribution in [2.75, 3.05) is 0 Å². The molecule has 63 heavy (non-hydrogen) atoms. The Bertz CT molecular complexity index is 3290. The van der Waals surface area contributed by atoms with Crippen molar-refractivity contribution < 1.29 is 0 Å². The van der Waals surface area contributed by atoms with Crippen molar-refractivity contribution in [3.63, 3.8) is 0 Å². The Morgan fingerprint density at radius 3 is 1.32 bits per heavy atom. The van der Waals surface area contributed by atoms with E-state index in [4.69, 9.17) is 6.58 Å². The van der Waals surface area contributed by atoms with Crippen molar-refractivity contribution in [3.8, 4) is 66.8 Å². The van der Waals surface area contributed by atoms with Gasteiger partial charge in [-0.2, -0.15) is 0 Å². The smallest absolute Gasteiger partial charge is 0.00385 e. The summed E-state index contributed by atoms with van der Waals surface area (Å²) in [5, 5.41) is 2.38. The van der Waals surface area contributed by atoms with E-state index in [2.05, 4.69) is 255 Å². The van der Waals surface area contributed by atoms with Crippen molar-refractivity contribution in [2.45, 2.75) is 6.42 Å². The molecule has 0 aromatic heterocycles. The normalized spacial score (nSPS) is 15.3. The Balaban J connectivity index is 1.25. The molecule has 1 aliphatic rings. The first kappa shape index (κ1) is 39.1. The third-order valence-corrected chi connectivity index (χ3v) is 12.1. The number of hydrogen-bond donors (Lipinski definition) is 0. The summed E-state index contributed by atoms with van der Waals surface area (Å²) in [5.74, 6) is 0. The van der Waals surface area contributed by atoms with Gasteiger partial charge in [0.25, 0.3) is 0 Å². The zero-order valence-corrected chi connectivity index (χ0v) is 35.2. The molecule has 0 spiro atoms. The first-order valence-corrected chi connectivity index (χ1v) is 21.7. The molecule has 0 aliphatic heterocycles. The van der Waals surface area contributed by atoms with Crippen molar-refractivity contribution >= 4 is 11.1 Å². The van der Waals surface area contributed by atoms with Crippen molar-refractivity contribution in [1.29, 1.82) is 0 Å². The van der Waals surface area contributed by atoms with E-state index in [1.54, 1.807) is 0 Å². The molecule has 0 N–H and O–H groups in total. The Hall–Kier alpha value is -8.06. The molecule has 0 saturated carbocycles. The van der Waals surface area contributed by atoms with Crippen molar-refractivity contribution in [1.82, 2.24) is 0 Å². The molecule has 0 unspecified atom stereocenters. The average Bonchev–Trinajstić information content (AvgIpc) is 3.36. The van der Waals surface area contributed by atoms with Crippen LogP contribution >= 0.6 is 0 Å². The lowest BCUT2D eigenvalue weighted by Crippen LogP contribution is -2.30. The van der Waals surface area contributed by atoms with Crippen LogP contribution in [-0.4, -0.2) is 0 Å². The van der Waals surface area contributed by atoms with Gasteiger partial charge in [-0.15, -0.1) is 0 Å². The van der Waals surface area contributed by atoms with Gasteiger partial charge in [0.05, 0.1) is 0 Å². The minimum absolute atomic E-state index is 0.812. The van der Waals surface area contributed by atoms with Gasteiger partial charge in [0.2, 0.25) is 0 Å². The van der Waals surface area contributed by atoms with Crippen LogP contribution in [0.25, 0.3) is 77.9 Å². The number of fused-ring (bicyclic) bond motifs is 1. The fourth-order valence-corrected chi connectivity index (χ4v) is 9.11. The van der Waals surface area contributed by atoms with Gasteiger partial charge in [-0.3, -0.25) is 0 Å². The average molecular weight is 803 g/mol. The highest BCUT2D eigenvalue weighted by Crippen LogP contribution is 2.44. The second kappa shape index (κ2) is 17.9. The molecule has 9 aromatic carbocycles. The molecule has 0 bridgehead atoms. The molecule has 0 heterocycles. The Morgan fingerprint density at radius 1 is 0.286 bits per heavy atom. The van der Waals surface area contributed by atoms with E-state index in [0.29, 0.717) is 0 Å². The summed E-state index contributed by atoms with van der Waals surface area (Å²) >= 11 is 0. The molecule has 0 radical (unpaired) electrons. The summed E-state index contributed by atoms with van der Waals surface area (Å²) in [6.45, 7) is 4.75. The molecule has 0 saturated heterocycles. The van der Waals surface area contributed by atoms with E-state index in [9.17, 15) is 0 Å². The van der Waals surface area contributed by atoms with Gasteiger partial charge < -0.3 is 0 Å². The summed E-state index contributed by atoms with van der Waals surface area (Å²) in [6, 6.07) is 83.7. The van der Waals surface area contributed by atoms with Crippen LogP contribution in [0.15, 0.2) is 267 Å². The first-order chi connectivity index (χ1) is 31.2. The molecule has 10 rings (SSSR count). The second-order valence-electron chi connectivity index (χ2n) is 16.0. The lowest BCUT2D eigenvalue weighted by Gasteiger charge is -2.20. The highest BCUT2D eigenvalue weighted by atomic mass is 14.2. The minimum atomic E-state index is 0.812. The van der Waals surface area contributed by atoms with E-state index in [-0.39, 0.29) is 0 Å². The topological polar surface area (TPSA) is 0 Å². The van der Waals surface area contributed by atoms with Crippen LogP contribution in [0.3, 0.4) is 0 Å². The fraction of sp³-hybridized carbons (Fsp3) is 0.0159. The van der Waals surface area contributed by atoms with Crippen molar-refractivity contribution in [3.05, 3.63) is 289 Å². The zero-order valence-electron chi connectivity index (χ0n) is 35.2. The molecule has 0 amide bonds. The standard InChI is InChI=1S/C63H46/c1-45-22-6-2-13-33-54(48-27-11-5-12-28-48)58-37-18-19-39-61(58)63(45)53-40-41-60(57-36-16-14-34-55(57)51-31-20-29-49(42-51)46-23-7-3-8-24-46)62(44-53)59-38-17-15-35-56(59)52-32-21-30-50(43-52)47-25-9-4-10-26-47/h2-32,34-44H,1,33H2/b13-2-,22-6-,58-54+,63-61+. The van der Waals surface area contributed by atoms with Crippen LogP contribution in [0.4, 0.5) is 0 Å². The quantitative estimate of drug-likeness (QED) is 0.144. The third kappa shape index (κ3) is 8.11. The lowest BCUT2D eigenvalue weighted by atomic mass is 9.83. The van der Waals surface area contributed by atoms with E-state index < -0.39 is 0 Å². The largest absolute Gasteiger partial charge is 0.0911 e. The van der Waals surface area contributed by atoms with Crippen LogP contribution in [0.5, 0.6) is 0 Å². The van der Waals surface area contributed by atoms with Crippen LogP contribution in [0.2, 0.25) is 0 Å². The monoisotopic (exact) mass is 802 g/mol. The number of rotatable bonds is 8. The molecular formula is C63H46. The predicted octanol–water partition coefficient (Wildman–Crippen LogP) is 15.2. The van der Waals surface area contributed by atoms with Crippen LogP contribution in [-0.2, 0) is 0 Å². The van der Waals surface area contributed by atoms with Gasteiger partial charge in [-0.05, 0) is 130 Å². The van der Waals surface area contributed by atoms with E-state index >= 15 is 0 Å². The SMILES string of the molecule is C=C1/C=C\C=C/C/C(c2ccccc2)=c2/cccc/c2=C/1c1ccc(-c2ccccc2-c2cccc(-c3ccccc3)c2)c(-c2ccccc2-c2cccc(-c3ccccc3)c2)c1. The molecule has 298 valence electrons. The number of hydrogen-bond acceptors (Lipinski definition) is 0. The maximum absolute atomic E-state index is 4.75. The van der Waals surface area contributed by atoms with Crippen LogP contribution < -0.4 is 10.4 Å². The van der Waals surface area contributed by atoms with Gasteiger partial charge in [0.1, 0.15) is 0 Å². The summed E-state index contributed by atoms with van der Waals surface area (Å²) in [5.41, 5.74) is 19.9. The fourth-order valence-electron chi connectivity index (χ4n) is 9.11. The second-order valence-corrected chi connectivity index (χ2v) is 16.0. The van der Waals surface area contributed by atoms with Gasteiger partial charge in [-0.1, -0.05) is 243 Å². The summed E-state index contributed by atoms with van der Waals surface area (Å²) < 4.78 is 0. The predicted molar refractivity (Wildman–Crippen MR) is 268 cm³/mol. The first-order valence-electron chi connectivity index (χ1n) is 21.7. The van der Waals surface area contributed by atoms with E-state index in [1.165, 1.54) is 82.8 Å². The zero-order chi connectivity index (χ0) is 42.4. The molecule has 0 heteroatoms. The molecular weight excluding hydrogens is 757 g/mol. The van der Waals surface area contributed by atoms with Crippen LogP contribution in [0, 0.1) is 0 Å².